The van der Waals surface area contributed by atoms with Gasteiger partial charge < -0.3 is 4.57 Å². The summed E-state index contributed by atoms with van der Waals surface area (Å²) in [5.41, 5.74) is 14.2. The number of benzene rings is 8. The molecule has 0 spiro atoms. The van der Waals surface area contributed by atoms with Gasteiger partial charge in [0.25, 0.3) is 0 Å². The molecule has 0 aliphatic rings. The fraction of sp³-hybridized carbons (Fsp3) is 0. The van der Waals surface area contributed by atoms with Crippen molar-refractivity contribution in [2.75, 3.05) is 0 Å². The molecule has 0 aliphatic carbocycles. The molecule has 0 fully saturated rings. The number of rotatable bonds is 6. The number of para-hydroxylation sites is 2. The van der Waals surface area contributed by atoms with E-state index in [1.54, 1.807) is 0 Å². The summed E-state index contributed by atoms with van der Waals surface area (Å²) in [5, 5.41) is 3.75. The zero-order valence-corrected chi connectivity index (χ0v) is 31.1. The largest absolute Gasteiger partial charge is 0.306 e. The molecular weight excluding hydrogens is 699 g/mol. The molecule has 8 aromatic carbocycles. The Morgan fingerprint density at radius 2 is 0.964 bits per heavy atom. The highest BCUT2D eigenvalue weighted by Gasteiger charge is 2.21. The summed E-state index contributed by atoms with van der Waals surface area (Å²) >= 11 is 1.87. The van der Waals surface area contributed by atoms with Gasteiger partial charge in [-0.25, -0.2) is 9.97 Å². The van der Waals surface area contributed by atoms with Crippen molar-refractivity contribution >= 4 is 53.4 Å². The molecule has 11 aromatic rings. The molecule has 0 amide bonds. The lowest BCUT2D eigenvalue weighted by Gasteiger charge is -2.13. The Hall–Kier alpha value is -7.14. The van der Waals surface area contributed by atoms with Crippen molar-refractivity contribution < 1.29 is 0 Å². The van der Waals surface area contributed by atoms with Crippen LogP contribution >= 0.6 is 11.3 Å². The van der Waals surface area contributed by atoms with Gasteiger partial charge in [0.2, 0.25) is 0 Å². The Bertz CT molecular complexity index is 3230. The summed E-state index contributed by atoms with van der Waals surface area (Å²) in [5.74, 6) is 0.703. The molecule has 0 atom stereocenters. The number of aromatic nitrogens is 3. The van der Waals surface area contributed by atoms with Crippen LogP contribution in [0.1, 0.15) is 0 Å². The van der Waals surface area contributed by atoms with Gasteiger partial charge in [-0.2, -0.15) is 0 Å². The molecule has 56 heavy (non-hydrogen) atoms. The smallest absolute Gasteiger partial charge is 0.160 e. The summed E-state index contributed by atoms with van der Waals surface area (Å²) in [4.78, 5) is 10.7. The topological polar surface area (TPSA) is 30.7 Å². The number of hydrogen-bond acceptors (Lipinski definition) is 3. The van der Waals surface area contributed by atoms with Crippen LogP contribution in [0.3, 0.4) is 0 Å². The first-order valence-electron chi connectivity index (χ1n) is 18.9. The first-order valence-corrected chi connectivity index (χ1v) is 19.7. The Kier molecular flexibility index (Phi) is 7.68. The maximum atomic E-state index is 5.36. The van der Waals surface area contributed by atoms with Crippen LogP contribution in [0.2, 0.25) is 0 Å². The Labute approximate surface area is 328 Å². The third-order valence-electron chi connectivity index (χ3n) is 10.8. The summed E-state index contributed by atoms with van der Waals surface area (Å²) in [6.45, 7) is 0. The van der Waals surface area contributed by atoms with Crippen LogP contribution in [0.4, 0.5) is 0 Å². The first kappa shape index (κ1) is 32.3. The van der Waals surface area contributed by atoms with E-state index in [0.29, 0.717) is 5.82 Å². The van der Waals surface area contributed by atoms with Crippen LogP contribution < -0.4 is 0 Å². The van der Waals surface area contributed by atoms with Crippen LogP contribution in [0.15, 0.2) is 200 Å². The lowest BCUT2D eigenvalue weighted by atomic mass is 9.96. The Morgan fingerprint density at radius 1 is 0.393 bits per heavy atom. The number of nitrogens with zero attached hydrogens (tertiary/aromatic N) is 3. The molecule has 0 saturated heterocycles. The molecule has 0 aliphatic heterocycles. The summed E-state index contributed by atoms with van der Waals surface area (Å²) in [6.07, 6.45) is 0. The molecule has 3 aromatic heterocycles. The van der Waals surface area contributed by atoms with Crippen LogP contribution in [0.5, 0.6) is 0 Å². The van der Waals surface area contributed by atoms with Gasteiger partial charge in [0.05, 0.1) is 16.7 Å². The van der Waals surface area contributed by atoms with E-state index >= 15 is 0 Å². The molecular formula is C52H33N3S. The van der Waals surface area contributed by atoms with Crippen molar-refractivity contribution in [2.24, 2.45) is 0 Å². The van der Waals surface area contributed by atoms with Gasteiger partial charge in [-0.1, -0.05) is 164 Å². The minimum Gasteiger partial charge on any atom is -0.306 e. The average Bonchev–Trinajstić information content (AvgIpc) is 3.83. The standard InChI is InChI=1S/C52H33N3S/c1-3-14-36(15-4-1)48-50-49(45-23-7-9-26-46(45)55(50)41-20-5-2-6-21-41)54-52(53-48)40-19-12-18-39(33-40)38-17-11-16-37(32-38)34-28-30-35(31-29-34)42-24-13-25-44-43-22-8-10-27-47(43)56-51(42)44/h1-33H. The third kappa shape index (κ3) is 5.42. The monoisotopic (exact) mass is 731 g/mol. The highest BCUT2D eigenvalue weighted by atomic mass is 32.1. The van der Waals surface area contributed by atoms with Gasteiger partial charge in [0.1, 0.15) is 5.52 Å². The van der Waals surface area contributed by atoms with Crippen molar-refractivity contribution in [1.82, 2.24) is 14.5 Å². The fourth-order valence-electron chi connectivity index (χ4n) is 8.15. The molecule has 0 bridgehead atoms. The fourth-order valence-corrected chi connectivity index (χ4v) is 9.39. The van der Waals surface area contributed by atoms with Crippen molar-refractivity contribution in [3.63, 3.8) is 0 Å². The predicted molar refractivity (Wildman–Crippen MR) is 236 cm³/mol. The second-order valence-electron chi connectivity index (χ2n) is 14.2. The molecule has 3 nitrogen and oxygen atoms in total. The van der Waals surface area contributed by atoms with Gasteiger partial charge >= 0.3 is 0 Å². The lowest BCUT2D eigenvalue weighted by Crippen LogP contribution is -1.99. The van der Waals surface area contributed by atoms with Gasteiger partial charge in [-0.3, -0.25) is 0 Å². The van der Waals surface area contributed by atoms with Crippen molar-refractivity contribution in [3.8, 4) is 61.7 Å². The Balaban J connectivity index is 0.989. The van der Waals surface area contributed by atoms with E-state index in [2.05, 4.69) is 205 Å². The molecule has 0 saturated carbocycles. The van der Waals surface area contributed by atoms with E-state index < -0.39 is 0 Å². The molecule has 0 radical (unpaired) electrons. The van der Waals surface area contributed by atoms with Crippen molar-refractivity contribution in [2.45, 2.75) is 0 Å². The predicted octanol–water partition coefficient (Wildman–Crippen LogP) is 14.3. The minimum atomic E-state index is 0.703. The van der Waals surface area contributed by atoms with Gasteiger partial charge in [0.15, 0.2) is 5.82 Å². The number of fused-ring (bicyclic) bond motifs is 6. The molecule has 11 rings (SSSR count). The molecule has 0 unspecified atom stereocenters. The maximum Gasteiger partial charge on any atom is 0.160 e. The highest BCUT2D eigenvalue weighted by Crippen LogP contribution is 2.41. The molecule has 3 heterocycles. The van der Waals surface area contributed by atoms with Crippen molar-refractivity contribution in [3.05, 3.63) is 200 Å². The van der Waals surface area contributed by atoms with Crippen LogP contribution in [0.25, 0.3) is 104 Å². The number of thiophene rings is 1. The van der Waals surface area contributed by atoms with Crippen LogP contribution in [0, 0.1) is 0 Å². The lowest BCUT2D eigenvalue weighted by molar-refractivity contribution is 1.15. The maximum absolute atomic E-state index is 5.36. The summed E-state index contributed by atoms with van der Waals surface area (Å²) in [7, 11) is 0. The molecule has 0 N–H and O–H groups in total. The van der Waals surface area contributed by atoms with Gasteiger partial charge in [-0.05, 0) is 69.8 Å². The van der Waals surface area contributed by atoms with E-state index in [1.807, 2.05) is 11.3 Å². The van der Waals surface area contributed by atoms with Gasteiger partial charge in [-0.15, -0.1) is 11.3 Å². The number of hydrogen-bond donors (Lipinski definition) is 0. The minimum absolute atomic E-state index is 0.703. The second-order valence-corrected chi connectivity index (χ2v) is 15.2. The van der Waals surface area contributed by atoms with Crippen LogP contribution in [-0.4, -0.2) is 14.5 Å². The van der Waals surface area contributed by atoms with E-state index in [0.717, 1.165) is 55.6 Å². The third-order valence-corrected chi connectivity index (χ3v) is 12.0. The van der Waals surface area contributed by atoms with Crippen molar-refractivity contribution in [1.29, 1.82) is 0 Å². The average molecular weight is 732 g/mol. The zero-order valence-electron chi connectivity index (χ0n) is 30.3. The van der Waals surface area contributed by atoms with Gasteiger partial charge in [0, 0.05) is 42.4 Å². The van der Waals surface area contributed by atoms with E-state index in [-0.39, 0.29) is 0 Å². The Morgan fingerprint density at radius 3 is 1.75 bits per heavy atom. The zero-order chi connectivity index (χ0) is 37.0. The van der Waals surface area contributed by atoms with E-state index in [9.17, 15) is 0 Å². The normalized spacial score (nSPS) is 11.6. The highest BCUT2D eigenvalue weighted by molar-refractivity contribution is 7.26. The SMILES string of the molecule is c1ccc(-c2nc(-c3cccc(-c4cccc(-c5ccc(-c6cccc7c6sc6ccccc67)cc5)c4)c3)nc3c4ccccc4n(-c4ccccc4)c23)cc1. The first-order chi connectivity index (χ1) is 27.8. The van der Waals surface area contributed by atoms with Crippen LogP contribution in [-0.2, 0) is 0 Å². The summed E-state index contributed by atoms with van der Waals surface area (Å²) < 4.78 is 4.96. The second kappa shape index (κ2) is 13.3. The van der Waals surface area contributed by atoms with E-state index in [4.69, 9.17) is 9.97 Å². The quantitative estimate of drug-likeness (QED) is 0.170. The van der Waals surface area contributed by atoms with E-state index in [1.165, 1.54) is 42.4 Å². The molecule has 4 heteroatoms. The summed E-state index contributed by atoms with van der Waals surface area (Å²) in [6, 6.07) is 71.3. The molecule has 262 valence electrons.